The molecule has 0 aliphatic carbocycles. The van der Waals surface area contributed by atoms with Crippen molar-refractivity contribution in [1.29, 1.82) is 0 Å². The molecule has 4 heteroatoms. The summed E-state index contributed by atoms with van der Waals surface area (Å²) in [6, 6.07) is 10.1. The zero-order chi connectivity index (χ0) is 14.6. The Kier molecular flexibility index (Phi) is 4.78. The number of ether oxygens (including phenoxy) is 1. The van der Waals surface area contributed by atoms with Gasteiger partial charge in [0.15, 0.2) is 0 Å². The molecule has 1 aromatic rings. The first-order chi connectivity index (χ1) is 9.46. The van der Waals surface area contributed by atoms with E-state index in [1.807, 2.05) is 35.2 Å². The maximum absolute atomic E-state index is 12.2. The summed E-state index contributed by atoms with van der Waals surface area (Å²) in [7, 11) is 0. The average Bonchev–Trinajstić information content (AvgIpc) is 2.45. The molecule has 1 amide bonds. The van der Waals surface area contributed by atoms with E-state index in [0.717, 1.165) is 5.56 Å². The van der Waals surface area contributed by atoms with E-state index in [-0.39, 0.29) is 17.6 Å². The van der Waals surface area contributed by atoms with E-state index < -0.39 is 0 Å². The molecule has 4 nitrogen and oxygen atoms in total. The van der Waals surface area contributed by atoms with Crippen LogP contribution in [0.15, 0.2) is 30.3 Å². The molecule has 1 aliphatic heterocycles. The lowest BCUT2D eigenvalue weighted by atomic mass is 10.1. The smallest absolute Gasteiger partial charge is 0.236 e. The van der Waals surface area contributed by atoms with E-state index in [1.54, 1.807) is 0 Å². The first kappa shape index (κ1) is 15.0. The van der Waals surface area contributed by atoms with Crippen LogP contribution in [0.25, 0.3) is 0 Å². The molecule has 0 spiro atoms. The Labute approximate surface area is 121 Å². The summed E-state index contributed by atoms with van der Waals surface area (Å²) in [5.74, 6) is 0.143. The molecule has 0 radical (unpaired) electrons. The van der Waals surface area contributed by atoms with Crippen LogP contribution in [0.1, 0.15) is 32.4 Å². The first-order valence-electron chi connectivity index (χ1n) is 7.15. The summed E-state index contributed by atoms with van der Waals surface area (Å²) in [5.41, 5.74) is 1.09. The SMILES string of the molecule is CC(C)(C)NCC(=O)N1CCOC(c2ccccc2)C1. The number of hydrogen-bond acceptors (Lipinski definition) is 3. The highest BCUT2D eigenvalue weighted by Crippen LogP contribution is 2.21. The molecule has 1 aromatic carbocycles. The number of nitrogens with one attached hydrogen (secondary N) is 1. The first-order valence-corrected chi connectivity index (χ1v) is 7.15. The van der Waals surface area contributed by atoms with Crippen LogP contribution in [0.3, 0.4) is 0 Å². The number of rotatable bonds is 3. The van der Waals surface area contributed by atoms with E-state index in [1.165, 1.54) is 0 Å². The molecule has 1 aliphatic rings. The topological polar surface area (TPSA) is 41.6 Å². The molecular formula is C16H24N2O2. The molecule has 1 heterocycles. The normalized spacial score (nSPS) is 19.9. The molecule has 1 unspecified atom stereocenters. The van der Waals surface area contributed by atoms with Gasteiger partial charge in [-0.3, -0.25) is 4.79 Å². The summed E-state index contributed by atoms with van der Waals surface area (Å²) < 4.78 is 5.78. The average molecular weight is 276 g/mol. The lowest BCUT2D eigenvalue weighted by Gasteiger charge is -2.34. The molecule has 20 heavy (non-hydrogen) atoms. The summed E-state index contributed by atoms with van der Waals surface area (Å²) >= 11 is 0. The van der Waals surface area contributed by atoms with Gasteiger partial charge >= 0.3 is 0 Å². The third kappa shape index (κ3) is 4.32. The largest absolute Gasteiger partial charge is 0.370 e. The molecular weight excluding hydrogens is 252 g/mol. The Morgan fingerprint density at radius 2 is 2.05 bits per heavy atom. The summed E-state index contributed by atoms with van der Waals surface area (Å²) in [5, 5.41) is 3.24. The van der Waals surface area contributed by atoms with Gasteiger partial charge in [0.25, 0.3) is 0 Å². The van der Waals surface area contributed by atoms with E-state index >= 15 is 0 Å². The van der Waals surface area contributed by atoms with Crippen molar-refractivity contribution < 1.29 is 9.53 Å². The lowest BCUT2D eigenvalue weighted by Crippen LogP contribution is -2.48. The second kappa shape index (κ2) is 6.37. The van der Waals surface area contributed by atoms with Crippen molar-refractivity contribution in [3.05, 3.63) is 35.9 Å². The molecule has 110 valence electrons. The maximum atomic E-state index is 12.2. The second-order valence-electron chi connectivity index (χ2n) is 6.21. The van der Waals surface area contributed by atoms with Crippen molar-refractivity contribution >= 4 is 5.91 Å². The van der Waals surface area contributed by atoms with Crippen molar-refractivity contribution in [3.63, 3.8) is 0 Å². The monoisotopic (exact) mass is 276 g/mol. The van der Waals surface area contributed by atoms with Crippen LogP contribution in [-0.2, 0) is 9.53 Å². The molecule has 0 aromatic heterocycles. The zero-order valence-electron chi connectivity index (χ0n) is 12.6. The summed E-state index contributed by atoms with van der Waals surface area (Å²) in [6.07, 6.45) is -0.0106. The van der Waals surface area contributed by atoms with E-state index in [4.69, 9.17) is 4.74 Å². The van der Waals surface area contributed by atoms with Crippen LogP contribution in [0, 0.1) is 0 Å². The summed E-state index contributed by atoms with van der Waals surface area (Å²) in [4.78, 5) is 14.1. The predicted molar refractivity (Wildman–Crippen MR) is 79.5 cm³/mol. The highest BCUT2D eigenvalue weighted by Gasteiger charge is 2.25. The van der Waals surface area contributed by atoms with Gasteiger partial charge in [-0.05, 0) is 26.3 Å². The Balaban J connectivity index is 1.92. The minimum atomic E-state index is -0.0409. The molecule has 1 saturated heterocycles. The van der Waals surface area contributed by atoms with Crippen molar-refractivity contribution in [2.24, 2.45) is 0 Å². The van der Waals surface area contributed by atoms with Gasteiger partial charge in [0.2, 0.25) is 5.91 Å². The fraction of sp³-hybridized carbons (Fsp3) is 0.562. The molecule has 1 atom stereocenters. The highest BCUT2D eigenvalue weighted by atomic mass is 16.5. The number of nitrogens with zero attached hydrogens (tertiary/aromatic N) is 1. The Morgan fingerprint density at radius 1 is 1.35 bits per heavy atom. The van der Waals surface area contributed by atoms with Crippen molar-refractivity contribution in [2.45, 2.75) is 32.4 Å². The molecule has 0 bridgehead atoms. The zero-order valence-corrected chi connectivity index (χ0v) is 12.6. The van der Waals surface area contributed by atoms with Gasteiger partial charge in [0.05, 0.1) is 19.7 Å². The third-order valence-electron chi connectivity index (χ3n) is 3.36. The second-order valence-corrected chi connectivity index (χ2v) is 6.21. The standard InChI is InChI=1S/C16H24N2O2/c1-16(2,3)17-11-15(19)18-9-10-20-14(12-18)13-7-5-4-6-8-13/h4-8,14,17H,9-12H2,1-3H3. The molecule has 1 N–H and O–H groups in total. The van der Waals surface area contributed by atoms with E-state index in [0.29, 0.717) is 26.2 Å². The van der Waals surface area contributed by atoms with Crippen LogP contribution >= 0.6 is 0 Å². The van der Waals surface area contributed by atoms with Crippen LogP contribution in [0.2, 0.25) is 0 Å². The van der Waals surface area contributed by atoms with Gasteiger partial charge < -0.3 is 15.0 Å². The Hall–Kier alpha value is -1.39. The van der Waals surface area contributed by atoms with Crippen LogP contribution in [0.5, 0.6) is 0 Å². The van der Waals surface area contributed by atoms with Gasteiger partial charge in [0, 0.05) is 12.1 Å². The molecule has 1 fully saturated rings. The van der Waals surface area contributed by atoms with Gasteiger partial charge in [-0.25, -0.2) is 0 Å². The minimum absolute atomic E-state index is 0.0106. The molecule has 0 saturated carbocycles. The molecule has 2 rings (SSSR count). The predicted octanol–water partition coefficient (Wildman–Crippen LogP) is 1.97. The number of amides is 1. The van der Waals surface area contributed by atoms with Crippen molar-refractivity contribution in [1.82, 2.24) is 10.2 Å². The lowest BCUT2D eigenvalue weighted by molar-refractivity contribution is -0.138. The highest BCUT2D eigenvalue weighted by molar-refractivity contribution is 5.78. The Morgan fingerprint density at radius 3 is 2.70 bits per heavy atom. The quantitative estimate of drug-likeness (QED) is 0.918. The summed E-state index contributed by atoms with van der Waals surface area (Å²) in [6.45, 7) is 8.47. The van der Waals surface area contributed by atoms with Gasteiger partial charge in [-0.1, -0.05) is 30.3 Å². The number of morpholine rings is 1. The minimum Gasteiger partial charge on any atom is -0.370 e. The fourth-order valence-electron chi connectivity index (χ4n) is 2.20. The van der Waals surface area contributed by atoms with Gasteiger partial charge in [-0.15, -0.1) is 0 Å². The van der Waals surface area contributed by atoms with Gasteiger partial charge in [0.1, 0.15) is 6.10 Å². The maximum Gasteiger partial charge on any atom is 0.236 e. The number of carbonyl (C=O) groups is 1. The van der Waals surface area contributed by atoms with Crippen molar-refractivity contribution in [2.75, 3.05) is 26.2 Å². The number of carbonyl (C=O) groups excluding carboxylic acids is 1. The van der Waals surface area contributed by atoms with Crippen LogP contribution in [-0.4, -0.2) is 42.6 Å². The van der Waals surface area contributed by atoms with Crippen molar-refractivity contribution in [3.8, 4) is 0 Å². The fourth-order valence-corrected chi connectivity index (χ4v) is 2.20. The van der Waals surface area contributed by atoms with E-state index in [2.05, 4.69) is 26.1 Å². The van der Waals surface area contributed by atoms with Crippen LogP contribution in [0.4, 0.5) is 0 Å². The Bertz CT molecular complexity index is 440. The number of benzene rings is 1. The van der Waals surface area contributed by atoms with E-state index in [9.17, 15) is 4.79 Å². The van der Waals surface area contributed by atoms with Gasteiger partial charge in [-0.2, -0.15) is 0 Å². The number of hydrogen-bond donors (Lipinski definition) is 1. The third-order valence-corrected chi connectivity index (χ3v) is 3.36. The van der Waals surface area contributed by atoms with Crippen LogP contribution < -0.4 is 5.32 Å².